The molecule has 3 rings (SSSR count). The number of benzene rings is 1. The third kappa shape index (κ3) is 3.05. The van der Waals surface area contributed by atoms with Gasteiger partial charge in [0.1, 0.15) is 0 Å². The maximum absolute atomic E-state index is 11.6. The van der Waals surface area contributed by atoms with Crippen LogP contribution in [0.25, 0.3) is 0 Å². The van der Waals surface area contributed by atoms with Gasteiger partial charge in [0.15, 0.2) is 9.84 Å². The van der Waals surface area contributed by atoms with Crippen molar-refractivity contribution in [2.45, 2.75) is 31.5 Å². The number of nitrogens with one attached hydrogen (secondary N) is 1. The van der Waals surface area contributed by atoms with Crippen molar-refractivity contribution in [3.63, 3.8) is 0 Å². The summed E-state index contributed by atoms with van der Waals surface area (Å²) in [5.41, 5.74) is 2.80. The lowest BCUT2D eigenvalue weighted by Gasteiger charge is -2.32. The van der Waals surface area contributed by atoms with Crippen molar-refractivity contribution < 1.29 is 8.42 Å². The molecular weight excluding hydrogens is 272 g/mol. The Morgan fingerprint density at radius 2 is 2.05 bits per heavy atom. The Labute approximate surface area is 121 Å². The molecule has 5 heteroatoms. The fourth-order valence-electron chi connectivity index (χ4n) is 3.27. The second kappa shape index (κ2) is 5.47. The van der Waals surface area contributed by atoms with Crippen LogP contribution in [0.5, 0.6) is 0 Å². The highest BCUT2D eigenvalue weighted by Crippen LogP contribution is 2.20. The minimum Gasteiger partial charge on any atom is -0.308 e. The highest BCUT2D eigenvalue weighted by molar-refractivity contribution is 7.91. The maximum atomic E-state index is 11.6. The van der Waals surface area contributed by atoms with Crippen molar-refractivity contribution in [1.29, 1.82) is 0 Å². The van der Waals surface area contributed by atoms with Gasteiger partial charge in [-0.15, -0.1) is 0 Å². The molecule has 0 radical (unpaired) electrons. The summed E-state index contributed by atoms with van der Waals surface area (Å²) in [6.07, 6.45) is 1.81. The summed E-state index contributed by atoms with van der Waals surface area (Å²) in [5.74, 6) is 0.676. The predicted octanol–water partition coefficient (Wildman–Crippen LogP) is 0.820. The molecule has 1 fully saturated rings. The van der Waals surface area contributed by atoms with Gasteiger partial charge in [0.25, 0.3) is 0 Å². The molecule has 1 saturated heterocycles. The van der Waals surface area contributed by atoms with Crippen LogP contribution in [0.15, 0.2) is 24.3 Å². The molecule has 20 heavy (non-hydrogen) atoms. The van der Waals surface area contributed by atoms with Crippen LogP contribution in [0.4, 0.5) is 0 Å². The van der Waals surface area contributed by atoms with E-state index in [2.05, 4.69) is 34.5 Å². The van der Waals surface area contributed by atoms with E-state index in [0.717, 1.165) is 25.9 Å². The maximum Gasteiger partial charge on any atom is 0.151 e. The Bertz CT molecular complexity index is 585. The number of sulfone groups is 1. The van der Waals surface area contributed by atoms with Crippen LogP contribution >= 0.6 is 0 Å². The number of hydrogen-bond donors (Lipinski definition) is 1. The van der Waals surface area contributed by atoms with Crippen molar-refractivity contribution >= 4 is 9.84 Å². The first-order valence-corrected chi connectivity index (χ1v) is 9.06. The van der Waals surface area contributed by atoms with Crippen LogP contribution < -0.4 is 5.32 Å². The highest BCUT2D eigenvalue weighted by Gasteiger charge is 2.31. The first kappa shape index (κ1) is 14.0. The van der Waals surface area contributed by atoms with Crippen LogP contribution in [0.2, 0.25) is 0 Å². The molecule has 0 aliphatic carbocycles. The molecule has 2 unspecified atom stereocenters. The molecule has 0 aromatic heterocycles. The highest BCUT2D eigenvalue weighted by atomic mass is 32.2. The van der Waals surface area contributed by atoms with E-state index in [-0.39, 0.29) is 6.04 Å². The standard InChI is InChI=1S/C15H22N2O2S/c1-17(15-6-7-20(18,19)11-15)10-14-8-12-4-2-3-5-13(12)9-16-14/h2-5,14-16H,6-11H2,1H3. The summed E-state index contributed by atoms with van der Waals surface area (Å²) in [5, 5.41) is 3.56. The first-order chi connectivity index (χ1) is 9.53. The molecule has 2 atom stereocenters. The average molecular weight is 294 g/mol. The smallest absolute Gasteiger partial charge is 0.151 e. The van der Waals surface area contributed by atoms with E-state index in [1.54, 1.807) is 0 Å². The van der Waals surface area contributed by atoms with E-state index < -0.39 is 9.84 Å². The SMILES string of the molecule is CN(CC1Cc2ccccc2CN1)C1CCS(=O)(=O)C1. The van der Waals surface area contributed by atoms with Gasteiger partial charge in [0, 0.05) is 25.2 Å². The van der Waals surface area contributed by atoms with E-state index in [9.17, 15) is 8.42 Å². The van der Waals surface area contributed by atoms with Gasteiger partial charge in [0.2, 0.25) is 0 Å². The largest absolute Gasteiger partial charge is 0.308 e. The van der Waals surface area contributed by atoms with E-state index in [1.807, 2.05) is 7.05 Å². The zero-order chi connectivity index (χ0) is 14.2. The zero-order valence-corrected chi connectivity index (χ0v) is 12.7. The van der Waals surface area contributed by atoms with Gasteiger partial charge in [-0.2, -0.15) is 0 Å². The predicted molar refractivity (Wildman–Crippen MR) is 80.5 cm³/mol. The van der Waals surface area contributed by atoms with Gasteiger partial charge in [-0.3, -0.25) is 0 Å². The lowest BCUT2D eigenvalue weighted by molar-refractivity contribution is 0.227. The Morgan fingerprint density at radius 3 is 2.75 bits per heavy atom. The average Bonchev–Trinajstić information content (AvgIpc) is 2.79. The van der Waals surface area contributed by atoms with Gasteiger partial charge in [-0.05, 0) is 31.0 Å². The second-order valence-corrected chi connectivity index (χ2v) is 8.28. The molecule has 2 heterocycles. The van der Waals surface area contributed by atoms with E-state index in [1.165, 1.54) is 11.1 Å². The van der Waals surface area contributed by atoms with Crippen molar-refractivity contribution in [3.8, 4) is 0 Å². The molecular formula is C15H22N2O2S. The van der Waals surface area contributed by atoms with Crippen molar-refractivity contribution in [2.75, 3.05) is 25.1 Å². The van der Waals surface area contributed by atoms with Crippen LogP contribution in [-0.2, 0) is 22.8 Å². The Hall–Kier alpha value is -0.910. The third-order valence-electron chi connectivity index (χ3n) is 4.51. The zero-order valence-electron chi connectivity index (χ0n) is 11.9. The summed E-state index contributed by atoms with van der Waals surface area (Å²) in [6.45, 7) is 1.83. The summed E-state index contributed by atoms with van der Waals surface area (Å²) in [6, 6.07) is 9.15. The monoisotopic (exact) mass is 294 g/mol. The Morgan fingerprint density at radius 1 is 1.30 bits per heavy atom. The van der Waals surface area contributed by atoms with E-state index in [0.29, 0.717) is 17.5 Å². The minimum atomic E-state index is -2.79. The summed E-state index contributed by atoms with van der Waals surface area (Å²) in [4.78, 5) is 2.22. The van der Waals surface area contributed by atoms with Crippen LogP contribution in [0.1, 0.15) is 17.5 Å². The fraction of sp³-hybridized carbons (Fsp3) is 0.600. The van der Waals surface area contributed by atoms with Crippen molar-refractivity contribution in [1.82, 2.24) is 10.2 Å². The number of rotatable bonds is 3. The van der Waals surface area contributed by atoms with Crippen LogP contribution in [-0.4, -0.2) is 50.5 Å². The number of nitrogens with zero attached hydrogens (tertiary/aromatic N) is 1. The fourth-order valence-corrected chi connectivity index (χ4v) is 5.08. The number of likely N-dealkylation sites (N-methyl/N-ethyl adjacent to an activating group) is 1. The molecule has 1 N–H and O–H groups in total. The van der Waals surface area contributed by atoms with E-state index >= 15 is 0 Å². The molecule has 2 aliphatic rings. The molecule has 0 spiro atoms. The Kier molecular flexibility index (Phi) is 3.84. The molecule has 4 nitrogen and oxygen atoms in total. The normalized spacial score (nSPS) is 28.5. The quantitative estimate of drug-likeness (QED) is 0.897. The van der Waals surface area contributed by atoms with Crippen LogP contribution in [0, 0.1) is 0 Å². The lowest BCUT2D eigenvalue weighted by Crippen LogP contribution is -2.46. The molecule has 1 aromatic carbocycles. The Balaban J connectivity index is 1.60. The van der Waals surface area contributed by atoms with Gasteiger partial charge in [-0.1, -0.05) is 24.3 Å². The molecule has 110 valence electrons. The first-order valence-electron chi connectivity index (χ1n) is 7.24. The molecule has 0 saturated carbocycles. The summed E-state index contributed by atoms with van der Waals surface area (Å²) < 4.78 is 23.1. The van der Waals surface area contributed by atoms with Gasteiger partial charge < -0.3 is 10.2 Å². The molecule has 0 amide bonds. The van der Waals surface area contributed by atoms with E-state index in [4.69, 9.17) is 0 Å². The lowest BCUT2D eigenvalue weighted by atomic mass is 9.95. The van der Waals surface area contributed by atoms with Gasteiger partial charge >= 0.3 is 0 Å². The summed E-state index contributed by atoms with van der Waals surface area (Å²) >= 11 is 0. The van der Waals surface area contributed by atoms with Gasteiger partial charge in [0.05, 0.1) is 11.5 Å². The third-order valence-corrected chi connectivity index (χ3v) is 6.26. The minimum absolute atomic E-state index is 0.193. The number of fused-ring (bicyclic) bond motifs is 1. The summed E-state index contributed by atoms with van der Waals surface area (Å²) in [7, 11) is -0.743. The van der Waals surface area contributed by atoms with Crippen molar-refractivity contribution in [3.05, 3.63) is 35.4 Å². The number of hydrogen-bond acceptors (Lipinski definition) is 4. The molecule has 1 aromatic rings. The second-order valence-electron chi connectivity index (χ2n) is 6.05. The topological polar surface area (TPSA) is 49.4 Å². The van der Waals surface area contributed by atoms with Crippen molar-refractivity contribution in [2.24, 2.45) is 0 Å². The molecule has 0 bridgehead atoms. The molecule has 2 aliphatic heterocycles. The van der Waals surface area contributed by atoms with Gasteiger partial charge in [-0.25, -0.2) is 8.42 Å². The van der Waals surface area contributed by atoms with Crippen LogP contribution in [0.3, 0.4) is 0 Å².